The number of nitrogens with zero attached hydrogens (tertiary/aromatic N) is 1. The Morgan fingerprint density at radius 1 is 0.966 bits per heavy atom. The number of benzene rings is 2. The molecule has 0 aliphatic carbocycles. The second-order valence-corrected chi connectivity index (χ2v) is 9.67. The van der Waals surface area contributed by atoms with E-state index in [1.54, 1.807) is 46.7 Å². The summed E-state index contributed by atoms with van der Waals surface area (Å²) in [6.45, 7) is 0.701. The number of carbonyl (C=O) groups excluding carboxylic acids is 1. The number of carbonyl (C=O) groups is 1. The molecule has 0 bridgehead atoms. The lowest BCUT2D eigenvalue weighted by Crippen LogP contribution is -2.29. The maximum atomic E-state index is 12.4. The highest BCUT2D eigenvalue weighted by atomic mass is 32.2. The first-order valence-electron chi connectivity index (χ1n) is 9.37. The van der Waals surface area contributed by atoms with Gasteiger partial charge in [0, 0.05) is 19.3 Å². The van der Waals surface area contributed by atoms with Gasteiger partial charge >= 0.3 is 0 Å². The third-order valence-corrected chi connectivity index (χ3v) is 7.33. The molecule has 3 aromatic rings. The molecule has 0 atom stereocenters. The highest BCUT2D eigenvalue weighted by molar-refractivity contribution is 7.94. The summed E-state index contributed by atoms with van der Waals surface area (Å²) in [5.41, 5.74) is 2.60. The van der Waals surface area contributed by atoms with Gasteiger partial charge in [-0.05, 0) is 47.5 Å². The van der Waals surface area contributed by atoms with Crippen molar-refractivity contribution in [2.75, 3.05) is 18.3 Å². The van der Waals surface area contributed by atoms with Gasteiger partial charge in [0.1, 0.15) is 4.21 Å². The number of amides is 1. The summed E-state index contributed by atoms with van der Waals surface area (Å²) >= 11 is 1.17. The zero-order valence-corrected chi connectivity index (χ0v) is 17.9. The van der Waals surface area contributed by atoms with Crippen LogP contribution in [0.1, 0.15) is 17.5 Å². The lowest BCUT2D eigenvalue weighted by atomic mass is 10.1. The van der Waals surface area contributed by atoms with Crippen molar-refractivity contribution in [1.29, 1.82) is 0 Å². The van der Waals surface area contributed by atoms with Crippen LogP contribution in [0.15, 0.2) is 76.3 Å². The summed E-state index contributed by atoms with van der Waals surface area (Å²) in [4.78, 5) is 14.2. The fourth-order valence-electron chi connectivity index (χ4n) is 2.91. The molecular weight excluding hydrogens is 404 g/mol. The molecule has 1 aromatic heterocycles. The number of rotatable bonds is 9. The van der Waals surface area contributed by atoms with Crippen molar-refractivity contribution < 1.29 is 13.2 Å². The van der Waals surface area contributed by atoms with E-state index in [0.717, 1.165) is 18.4 Å². The van der Waals surface area contributed by atoms with E-state index < -0.39 is 10.0 Å². The third-order valence-electron chi connectivity index (χ3n) is 4.55. The fraction of sp³-hybridized carbons (Fsp3) is 0.227. The van der Waals surface area contributed by atoms with E-state index in [9.17, 15) is 13.2 Å². The average Bonchev–Trinajstić information content (AvgIpc) is 3.26. The second kappa shape index (κ2) is 9.71. The van der Waals surface area contributed by atoms with Gasteiger partial charge in [-0.15, -0.1) is 11.3 Å². The third kappa shape index (κ3) is 6.17. The van der Waals surface area contributed by atoms with Crippen molar-refractivity contribution in [3.8, 4) is 0 Å². The number of hydrogen-bond donors (Lipinski definition) is 1. The molecular formula is C22H24N2O3S2. The number of thiophene rings is 1. The molecule has 1 amide bonds. The molecule has 29 heavy (non-hydrogen) atoms. The normalized spacial score (nSPS) is 11.2. The van der Waals surface area contributed by atoms with Gasteiger partial charge in [-0.3, -0.25) is 9.52 Å². The number of hydrogen-bond acceptors (Lipinski definition) is 4. The molecule has 3 rings (SSSR count). The van der Waals surface area contributed by atoms with Gasteiger partial charge in [0.25, 0.3) is 10.0 Å². The lowest BCUT2D eigenvalue weighted by Gasteiger charge is -2.17. The van der Waals surface area contributed by atoms with Crippen molar-refractivity contribution >= 4 is 33.0 Å². The summed E-state index contributed by atoms with van der Waals surface area (Å²) < 4.78 is 27.3. The van der Waals surface area contributed by atoms with Gasteiger partial charge in [0.15, 0.2) is 0 Å². The highest BCUT2D eigenvalue weighted by Gasteiger charge is 2.15. The molecule has 0 fully saturated rings. The van der Waals surface area contributed by atoms with E-state index in [1.807, 2.05) is 25.2 Å². The number of sulfonamides is 1. The molecule has 5 nitrogen and oxygen atoms in total. The summed E-state index contributed by atoms with van der Waals surface area (Å²) in [6, 6.07) is 20.4. The van der Waals surface area contributed by atoms with E-state index in [0.29, 0.717) is 18.7 Å². The van der Waals surface area contributed by atoms with Crippen molar-refractivity contribution in [2.45, 2.75) is 23.5 Å². The Bertz CT molecular complexity index is 1020. The smallest absolute Gasteiger partial charge is 0.271 e. The number of nitrogens with one attached hydrogen (secondary N) is 1. The Morgan fingerprint density at radius 3 is 2.34 bits per heavy atom. The Labute approximate surface area is 176 Å². The van der Waals surface area contributed by atoms with E-state index in [2.05, 4.69) is 16.9 Å². The monoisotopic (exact) mass is 428 g/mol. The predicted molar refractivity (Wildman–Crippen MR) is 118 cm³/mol. The average molecular weight is 429 g/mol. The molecule has 0 aliphatic rings. The number of likely N-dealkylation sites (N-methyl/N-ethyl adjacent to an activating group) is 1. The Morgan fingerprint density at radius 2 is 1.69 bits per heavy atom. The largest absolute Gasteiger partial charge is 0.345 e. The number of aryl methyl sites for hydroxylation is 1. The van der Waals surface area contributed by atoms with Crippen LogP contribution in [-0.2, 0) is 27.7 Å². The first-order chi connectivity index (χ1) is 13.9. The maximum Gasteiger partial charge on any atom is 0.271 e. The van der Waals surface area contributed by atoms with Crippen molar-refractivity contribution in [1.82, 2.24) is 4.90 Å². The topological polar surface area (TPSA) is 66.5 Å². The van der Waals surface area contributed by atoms with E-state index in [-0.39, 0.29) is 10.1 Å². The zero-order chi connectivity index (χ0) is 20.7. The maximum absolute atomic E-state index is 12.4. The molecule has 0 saturated carbocycles. The van der Waals surface area contributed by atoms with Gasteiger partial charge in [-0.25, -0.2) is 8.42 Å². The Balaban J connectivity index is 1.49. The lowest BCUT2D eigenvalue weighted by molar-refractivity contribution is -0.129. The quantitative estimate of drug-likeness (QED) is 0.556. The minimum atomic E-state index is -3.56. The highest BCUT2D eigenvalue weighted by Crippen LogP contribution is 2.20. The summed E-state index contributed by atoms with van der Waals surface area (Å²) in [6.07, 6.45) is 2.15. The van der Waals surface area contributed by atoms with Crippen LogP contribution >= 0.6 is 11.3 Å². The Hall–Kier alpha value is -2.64. The van der Waals surface area contributed by atoms with Gasteiger partial charge in [0.05, 0.1) is 6.42 Å². The molecule has 0 unspecified atom stereocenters. The molecule has 0 spiro atoms. The molecule has 1 N–H and O–H groups in total. The van der Waals surface area contributed by atoms with Crippen LogP contribution in [0.4, 0.5) is 5.69 Å². The first-order valence-corrected chi connectivity index (χ1v) is 11.7. The zero-order valence-electron chi connectivity index (χ0n) is 16.2. The van der Waals surface area contributed by atoms with Crippen molar-refractivity contribution in [3.05, 3.63) is 83.2 Å². The van der Waals surface area contributed by atoms with Crippen LogP contribution < -0.4 is 4.72 Å². The molecule has 2 aromatic carbocycles. The van der Waals surface area contributed by atoms with Crippen LogP contribution in [0, 0.1) is 0 Å². The molecule has 152 valence electrons. The Kier molecular flexibility index (Phi) is 7.06. The molecule has 0 saturated heterocycles. The fourth-order valence-corrected chi connectivity index (χ4v) is 4.96. The molecule has 1 heterocycles. The SMILES string of the molecule is CN(CCCc1ccccc1)C(=O)Cc1ccc(NS(=O)(=O)c2cccs2)cc1. The number of anilines is 1. The summed E-state index contributed by atoms with van der Waals surface area (Å²) in [7, 11) is -1.74. The van der Waals surface area contributed by atoms with Crippen LogP contribution in [0.2, 0.25) is 0 Å². The standard InChI is InChI=1S/C22H24N2O3S2/c1-24(15-5-9-18-7-3-2-4-8-18)21(25)17-19-11-13-20(14-12-19)23-29(26,27)22-10-6-16-28-22/h2-4,6-8,10-14,16,23H,5,9,15,17H2,1H3. The van der Waals surface area contributed by atoms with Gasteiger partial charge in [-0.1, -0.05) is 48.5 Å². The van der Waals surface area contributed by atoms with Gasteiger partial charge in [0.2, 0.25) is 5.91 Å². The molecule has 7 heteroatoms. The minimum absolute atomic E-state index is 0.0463. The second-order valence-electron chi connectivity index (χ2n) is 6.82. The van der Waals surface area contributed by atoms with Crippen LogP contribution in [0.5, 0.6) is 0 Å². The molecule has 0 aliphatic heterocycles. The minimum Gasteiger partial charge on any atom is -0.345 e. The molecule has 0 radical (unpaired) electrons. The van der Waals surface area contributed by atoms with Crippen molar-refractivity contribution in [2.24, 2.45) is 0 Å². The summed E-state index contributed by atoms with van der Waals surface area (Å²) in [5, 5.41) is 1.72. The van der Waals surface area contributed by atoms with E-state index >= 15 is 0 Å². The van der Waals surface area contributed by atoms with Gasteiger partial charge < -0.3 is 4.90 Å². The van der Waals surface area contributed by atoms with Crippen LogP contribution in [0.3, 0.4) is 0 Å². The van der Waals surface area contributed by atoms with E-state index in [1.165, 1.54) is 16.9 Å². The van der Waals surface area contributed by atoms with E-state index in [4.69, 9.17) is 0 Å². The first kappa shape index (κ1) is 21.1. The van der Waals surface area contributed by atoms with Gasteiger partial charge in [-0.2, -0.15) is 0 Å². The summed E-state index contributed by atoms with van der Waals surface area (Å²) in [5.74, 6) is 0.0463. The van der Waals surface area contributed by atoms with Crippen molar-refractivity contribution in [3.63, 3.8) is 0 Å². The van der Waals surface area contributed by atoms with Crippen LogP contribution in [-0.4, -0.2) is 32.8 Å². The van der Waals surface area contributed by atoms with Crippen LogP contribution in [0.25, 0.3) is 0 Å². The predicted octanol–water partition coefficient (Wildman–Crippen LogP) is 4.18.